The molecule has 0 heterocycles. The molecule has 1 N–H and O–H groups in total. The Bertz CT molecular complexity index is 469. The van der Waals surface area contributed by atoms with Gasteiger partial charge in [0.1, 0.15) is 5.75 Å². The molecule has 1 aromatic rings. The molecule has 0 atom stereocenters. The van der Waals surface area contributed by atoms with Gasteiger partial charge in [0.2, 0.25) is 0 Å². The number of methoxy groups -OCH3 is 1. The average Bonchev–Trinajstić information content (AvgIpc) is 2.77. The second kappa shape index (κ2) is 4.86. The maximum atomic E-state index is 10.9. The first-order chi connectivity index (χ1) is 8.24. The molecule has 0 unspecified atom stereocenters. The van der Waals surface area contributed by atoms with Gasteiger partial charge in [0.05, 0.1) is 12.8 Å². The molecule has 5 heteroatoms. The standard InChI is InChI=1S/C12H14N2O3/c1-13-12(15)17-14-11-6-3-8-7-9(16-2)4-5-10(8)11/h4-5,7H,3,6H2,1-2H3,(H,13,15)/b14-11+. The highest BCUT2D eigenvalue weighted by atomic mass is 16.7. The Morgan fingerprint density at radius 1 is 1.41 bits per heavy atom. The number of aryl methyl sites for hydroxylation is 1. The summed E-state index contributed by atoms with van der Waals surface area (Å²) in [4.78, 5) is 15.6. The number of rotatable bonds is 2. The van der Waals surface area contributed by atoms with Gasteiger partial charge >= 0.3 is 6.09 Å². The first-order valence-corrected chi connectivity index (χ1v) is 5.37. The van der Waals surface area contributed by atoms with Crippen molar-refractivity contribution >= 4 is 11.8 Å². The van der Waals surface area contributed by atoms with Crippen LogP contribution in [0.25, 0.3) is 0 Å². The normalized spacial score (nSPS) is 15.5. The van der Waals surface area contributed by atoms with Gasteiger partial charge in [-0.05, 0) is 36.6 Å². The Morgan fingerprint density at radius 2 is 2.24 bits per heavy atom. The van der Waals surface area contributed by atoms with E-state index in [0.717, 1.165) is 29.9 Å². The molecule has 0 spiro atoms. The molecule has 1 aliphatic carbocycles. The van der Waals surface area contributed by atoms with Gasteiger partial charge in [-0.1, -0.05) is 5.16 Å². The molecule has 5 nitrogen and oxygen atoms in total. The fourth-order valence-corrected chi connectivity index (χ4v) is 1.81. The zero-order valence-electron chi connectivity index (χ0n) is 9.82. The maximum Gasteiger partial charge on any atom is 0.433 e. The summed E-state index contributed by atoms with van der Waals surface area (Å²) in [7, 11) is 3.14. The van der Waals surface area contributed by atoms with Gasteiger partial charge in [-0.2, -0.15) is 0 Å². The topological polar surface area (TPSA) is 59.9 Å². The monoisotopic (exact) mass is 234 g/mol. The molecule has 0 saturated heterocycles. The lowest BCUT2D eigenvalue weighted by Crippen LogP contribution is -2.17. The van der Waals surface area contributed by atoms with Crippen molar-refractivity contribution in [3.8, 4) is 5.75 Å². The Labute approximate surface area is 99.4 Å². The van der Waals surface area contributed by atoms with Crippen molar-refractivity contribution in [2.45, 2.75) is 12.8 Å². The molecular formula is C12H14N2O3. The van der Waals surface area contributed by atoms with Crippen LogP contribution in [-0.2, 0) is 11.3 Å². The molecular weight excluding hydrogens is 220 g/mol. The lowest BCUT2D eigenvalue weighted by molar-refractivity contribution is 0.153. The molecule has 90 valence electrons. The largest absolute Gasteiger partial charge is 0.497 e. The van der Waals surface area contributed by atoms with Crippen LogP contribution in [0.1, 0.15) is 17.5 Å². The number of carbonyl (C=O) groups is 1. The number of benzene rings is 1. The van der Waals surface area contributed by atoms with E-state index in [1.807, 2.05) is 18.2 Å². The minimum atomic E-state index is -0.556. The SMILES string of the molecule is CNC(=O)O/N=C1\CCc2cc(OC)ccc21. The summed E-state index contributed by atoms with van der Waals surface area (Å²) in [5.41, 5.74) is 2.99. The van der Waals surface area contributed by atoms with Crippen molar-refractivity contribution in [2.75, 3.05) is 14.2 Å². The van der Waals surface area contributed by atoms with Gasteiger partial charge < -0.3 is 10.1 Å². The van der Waals surface area contributed by atoms with Crippen LogP contribution < -0.4 is 10.1 Å². The fraction of sp³-hybridized carbons (Fsp3) is 0.333. The van der Waals surface area contributed by atoms with Crippen LogP contribution in [0.2, 0.25) is 0 Å². The Morgan fingerprint density at radius 3 is 2.94 bits per heavy atom. The van der Waals surface area contributed by atoms with Crippen molar-refractivity contribution < 1.29 is 14.4 Å². The molecule has 2 rings (SSSR count). The van der Waals surface area contributed by atoms with Crippen LogP contribution in [0.5, 0.6) is 5.75 Å². The van der Waals surface area contributed by atoms with Gasteiger partial charge in [-0.25, -0.2) is 4.79 Å². The highest BCUT2D eigenvalue weighted by molar-refractivity contribution is 6.04. The zero-order valence-corrected chi connectivity index (χ0v) is 9.82. The third kappa shape index (κ3) is 2.38. The number of nitrogens with zero attached hydrogens (tertiary/aromatic N) is 1. The Balaban J connectivity index is 2.19. The molecule has 17 heavy (non-hydrogen) atoms. The number of hydrogen-bond acceptors (Lipinski definition) is 4. The van der Waals surface area contributed by atoms with Gasteiger partial charge in [0.25, 0.3) is 0 Å². The van der Waals surface area contributed by atoms with Crippen molar-refractivity contribution in [2.24, 2.45) is 5.16 Å². The molecule has 0 aromatic heterocycles. The number of fused-ring (bicyclic) bond motifs is 1. The molecule has 0 saturated carbocycles. The van der Waals surface area contributed by atoms with Gasteiger partial charge in [-0.15, -0.1) is 0 Å². The van der Waals surface area contributed by atoms with Crippen LogP contribution in [0, 0.1) is 0 Å². The fourth-order valence-electron chi connectivity index (χ4n) is 1.81. The third-order valence-electron chi connectivity index (χ3n) is 2.70. The smallest absolute Gasteiger partial charge is 0.433 e. The van der Waals surface area contributed by atoms with E-state index in [9.17, 15) is 4.79 Å². The van der Waals surface area contributed by atoms with E-state index < -0.39 is 6.09 Å². The lowest BCUT2D eigenvalue weighted by atomic mass is 10.1. The van der Waals surface area contributed by atoms with E-state index in [1.54, 1.807) is 7.11 Å². The number of hydrogen-bond donors (Lipinski definition) is 1. The minimum absolute atomic E-state index is 0.556. The molecule has 0 bridgehead atoms. The van der Waals surface area contributed by atoms with Crippen molar-refractivity contribution in [3.05, 3.63) is 29.3 Å². The maximum absolute atomic E-state index is 10.9. The number of carbonyl (C=O) groups excluding carboxylic acids is 1. The first-order valence-electron chi connectivity index (χ1n) is 5.37. The molecule has 0 fully saturated rings. The highest BCUT2D eigenvalue weighted by Gasteiger charge is 2.19. The van der Waals surface area contributed by atoms with E-state index in [4.69, 9.17) is 9.57 Å². The van der Waals surface area contributed by atoms with Crippen molar-refractivity contribution in [1.29, 1.82) is 0 Å². The number of oxime groups is 1. The second-order valence-electron chi connectivity index (χ2n) is 3.69. The van der Waals surface area contributed by atoms with Gasteiger partial charge in [-0.3, -0.25) is 4.84 Å². The molecule has 0 aliphatic heterocycles. The lowest BCUT2D eigenvalue weighted by Gasteiger charge is -2.03. The van der Waals surface area contributed by atoms with Gasteiger partial charge in [0.15, 0.2) is 0 Å². The van der Waals surface area contributed by atoms with Gasteiger partial charge in [0, 0.05) is 12.6 Å². The predicted octanol–water partition coefficient (Wildman–Crippen LogP) is 1.70. The summed E-state index contributed by atoms with van der Waals surface area (Å²) < 4.78 is 5.16. The quantitative estimate of drug-likeness (QED) is 0.626. The van der Waals surface area contributed by atoms with E-state index in [0.29, 0.717) is 0 Å². The van der Waals surface area contributed by atoms with Crippen molar-refractivity contribution in [3.63, 3.8) is 0 Å². The van der Waals surface area contributed by atoms with E-state index in [1.165, 1.54) is 12.6 Å². The number of amides is 1. The van der Waals surface area contributed by atoms with E-state index >= 15 is 0 Å². The van der Waals surface area contributed by atoms with E-state index in [-0.39, 0.29) is 0 Å². The Hall–Kier alpha value is -2.04. The zero-order chi connectivity index (χ0) is 12.3. The first kappa shape index (κ1) is 11.4. The van der Waals surface area contributed by atoms with Crippen LogP contribution >= 0.6 is 0 Å². The summed E-state index contributed by atoms with van der Waals surface area (Å²) in [6.45, 7) is 0. The highest BCUT2D eigenvalue weighted by Crippen LogP contribution is 2.26. The van der Waals surface area contributed by atoms with Crippen LogP contribution in [0.15, 0.2) is 23.4 Å². The summed E-state index contributed by atoms with van der Waals surface area (Å²) in [6.07, 6.45) is 1.11. The number of nitrogens with one attached hydrogen (secondary N) is 1. The van der Waals surface area contributed by atoms with E-state index in [2.05, 4.69) is 10.5 Å². The molecule has 1 amide bonds. The van der Waals surface area contributed by atoms with Crippen molar-refractivity contribution in [1.82, 2.24) is 5.32 Å². The average molecular weight is 234 g/mol. The minimum Gasteiger partial charge on any atom is -0.497 e. The molecule has 0 radical (unpaired) electrons. The summed E-state index contributed by atoms with van der Waals surface area (Å²) >= 11 is 0. The van der Waals surface area contributed by atoms with Crippen LogP contribution in [0.3, 0.4) is 0 Å². The second-order valence-corrected chi connectivity index (χ2v) is 3.69. The summed E-state index contributed by atoms with van der Waals surface area (Å²) in [5.74, 6) is 0.831. The third-order valence-corrected chi connectivity index (χ3v) is 2.70. The molecule has 1 aromatic carbocycles. The summed E-state index contributed by atoms with van der Waals surface area (Å²) in [6, 6.07) is 5.80. The van der Waals surface area contributed by atoms with Crippen LogP contribution in [0.4, 0.5) is 4.79 Å². The van der Waals surface area contributed by atoms with Crippen LogP contribution in [-0.4, -0.2) is 26.0 Å². The predicted molar refractivity (Wildman–Crippen MR) is 63.4 cm³/mol. The Kier molecular flexibility index (Phi) is 3.27. The molecule has 1 aliphatic rings. The summed E-state index contributed by atoms with van der Waals surface area (Å²) in [5, 5.41) is 6.20. The number of ether oxygens (including phenoxy) is 1.